The van der Waals surface area contributed by atoms with Crippen LogP contribution in [0.1, 0.15) is 17.2 Å². The van der Waals surface area contributed by atoms with Crippen molar-refractivity contribution in [1.82, 2.24) is 4.98 Å². The van der Waals surface area contributed by atoms with Crippen LogP contribution in [0.5, 0.6) is 0 Å². The topological polar surface area (TPSA) is 53.1 Å². The van der Waals surface area contributed by atoms with E-state index in [-0.39, 0.29) is 0 Å². The smallest absolute Gasteiger partial charge is 0.314 e. The van der Waals surface area contributed by atoms with Crippen molar-refractivity contribution < 1.29 is 9.90 Å². The van der Waals surface area contributed by atoms with Crippen molar-refractivity contribution in [3.63, 3.8) is 0 Å². The third-order valence-corrected chi connectivity index (χ3v) is 2.76. The van der Waals surface area contributed by atoms with Crippen molar-refractivity contribution in [3.8, 4) is 0 Å². The van der Waals surface area contributed by atoms with E-state index < -0.39 is 11.9 Å². The third-order valence-electron chi connectivity index (χ3n) is 2.76. The SMILES string of the molecule is C=CC(C(=O)O)c1c(C)[nH]c2ccccc12. The minimum absolute atomic E-state index is 0.656. The summed E-state index contributed by atoms with van der Waals surface area (Å²) in [4.78, 5) is 14.3. The number of aliphatic carboxylic acids is 1. The van der Waals surface area contributed by atoms with E-state index in [4.69, 9.17) is 5.11 Å². The van der Waals surface area contributed by atoms with E-state index in [0.29, 0.717) is 0 Å². The normalized spacial score (nSPS) is 12.6. The van der Waals surface area contributed by atoms with Gasteiger partial charge in [-0.05, 0) is 18.6 Å². The van der Waals surface area contributed by atoms with Gasteiger partial charge in [0.15, 0.2) is 0 Å². The monoisotopic (exact) mass is 215 g/mol. The Kier molecular flexibility index (Phi) is 2.52. The van der Waals surface area contributed by atoms with Gasteiger partial charge in [-0.3, -0.25) is 4.79 Å². The molecule has 0 aliphatic rings. The van der Waals surface area contributed by atoms with Crippen LogP contribution in [-0.4, -0.2) is 16.1 Å². The van der Waals surface area contributed by atoms with Crippen molar-refractivity contribution in [1.29, 1.82) is 0 Å². The van der Waals surface area contributed by atoms with Crippen LogP contribution >= 0.6 is 0 Å². The molecule has 1 aromatic carbocycles. The minimum Gasteiger partial charge on any atom is -0.481 e. The molecule has 1 atom stereocenters. The van der Waals surface area contributed by atoms with E-state index in [1.165, 1.54) is 6.08 Å². The first-order chi connectivity index (χ1) is 7.65. The predicted molar refractivity (Wildman–Crippen MR) is 63.6 cm³/mol. The van der Waals surface area contributed by atoms with Gasteiger partial charge in [0, 0.05) is 16.6 Å². The fraction of sp³-hybridized carbons (Fsp3) is 0.154. The number of para-hydroxylation sites is 1. The zero-order valence-electron chi connectivity index (χ0n) is 9.03. The summed E-state index contributed by atoms with van der Waals surface area (Å²) in [5, 5.41) is 10.1. The van der Waals surface area contributed by atoms with E-state index in [2.05, 4.69) is 11.6 Å². The maximum Gasteiger partial charge on any atom is 0.314 e. The summed E-state index contributed by atoms with van der Waals surface area (Å²) in [5.41, 5.74) is 2.65. The lowest BCUT2D eigenvalue weighted by Gasteiger charge is -2.07. The van der Waals surface area contributed by atoms with Gasteiger partial charge in [-0.2, -0.15) is 0 Å². The van der Waals surface area contributed by atoms with Crippen molar-refractivity contribution in [3.05, 3.63) is 48.2 Å². The Labute approximate surface area is 93.4 Å². The highest BCUT2D eigenvalue weighted by Gasteiger charge is 2.21. The van der Waals surface area contributed by atoms with Crippen LogP contribution < -0.4 is 0 Å². The Bertz CT molecular complexity index is 554. The van der Waals surface area contributed by atoms with Crippen LogP contribution in [0.4, 0.5) is 0 Å². The number of rotatable bonds is 3. The molecule has 0 saturated carbocycles. The molecule has 2 rings (SSSR count). The maximum atomic E-state index is 11.1. The summed E-state index contributed by atoms with van der Waals surface area (Å²) in [6.07, 6.45) is 1.46. The Balaban J connectivity index is 2.71. The fourth-order valence-corrected chi connectivity index (χ4v) is 2.04. The Morgan fingerprint density at radius 1 is 1.50 bits per heavy atom. The van der Waals surface area contributed by atoms with Crippen LogP contribution in [0.3, 0.4) is 0 Å². The summed E-state index contributed by atoms with van der Waals surface area (Å²) in [6.45, 7) is 5.48. The fourth-order valence-electron chi connectivity index (χ4n) is 2.04. The number of fused-ring (bicyclic) bond motifs is 1. The Morgan fingerprint density at radius 2 is 2.19 bits per heavy atom. The molecule has 3 nitrogen and oxygen atoms in total. The van der Waals surface area contributed by atoms with E-state index in [0.717, 1.165) is 22.2 Å². The molecular weight excluding hydrogens is 202 g/mol. The van der Waals surface area contributed by atoms with Gasteiger partial charge in [-0.25, -0.2) is 0 Å². The molecule has 2 N–H and O–H groups in total. The number of aromatic nitrogens is 1. The quantitative estimate of drug-likeness (QED) is 0.773. The zero-order valence-corrected chi connectivity index (χ0v) is 9.03. The zero-order chi connectivity index (χ0) is 11.7. The molecule has 1 aromatic heterocycles. The molecule has 0 aliphatic carbocycles. The molecule has 0 fully saturated rings. The van der Waals surface area contributed by atoms with Crippen LogP contribution in [0, 0.1) is 6.92 Å². The number of hydrogen-bond acceptors (Lipinski definition) is 1. The molecule has 0 saturated heterocycles. The highest BCUT2D eigenvalue weighted by molar-refractivity contribution is 5.91. The molecule has 0 radical (unpaired) electrons. The van der Waals surface area contributed by atoms with Crippen LogP contribution in [0.2, 0.25) is 0 Å². The van der Waals surface area contributed by atoms with E-state index in [1.54, 1.807) is 0 Å². The van der Waals surface area contributed by atoms with Crippen molar-refractivity contribution in [2.75, 3.05) is 0 Å². The van der Waals surface area contributed by atoms with Crippen LogP contribution in [-0.2, 0) is 4.79 Å². The molecule has 2 aromatic rings. The van der Waals surface area contributed by atoms with E-state index in [1.807, 2.05) is 31.2 Å². The Hall–Kier alpha value is -2.03. The number of carboxylic acids is 1. The lowest BCUT2D eigenvalue weighted by molar-refractivity contribution is -0.137. The first-order valence-electron chi connectivity index (χ1n) is 5.07. The lowest BCUT2D eigenvalue weighted by Crippen LogP contribution is -2.09. The highest BCUT2D eigenvalue weighted by Crippen LogP contribution is 2.29. The number of benzene rings is 1. The largest absolute Gasteiger partial charge is 0.481 e. The van der Waals surface area contributed by atoms with Gasteiger partial charge in [0.2, 0.25) is 0 Å². The Morgan fingerprint density at radius 3 is 2.81 bits per heavy atom. The molecule has 0 bridgehead atoms. The number of H-pyrrole nitrogens is 1. The number of aromatic amines is 1. The first kappa shape index (κ1) is 10.5. The predicted octanol–water partition coefficient (Wildman–Crippen LogP) is 2.83. The van der Waals surface area contributed by atoms with Gasteiger partial charge in [0.05, 0.1) is 0 Å². The molecule has 3 heteroatoms. The van der Waals surface area contributed by atoms with Crippen LogP contribution in [0.15, 0.2) is 36.9 Å². The van der Waals surface area contributed by atoms with Gasteiger partial charge >= 0.3 is 5.97 Å². The van der Waals surface area contributed by atoms with Gasteiger partial charge in [-0.15, -0.1) is 6.58 Å². The second-order valence-corrected chi connectivity index (χ2v) is 3.76. The second kappa shape index (κ2) is 3.85. The average molecular weight is 215 g/mol. The molecule has 1 heterocycles. The highest BCUT2D eigenvalue weighted by atomic mass is 16.4. The molecule has 82 valence electrons. The summed E-state index contributed by atoms with van der Waals surface area (Å²) in [7, 11) is 0. The average Bonchev–Trinajstić information content (AvgIpc) is 2.57. The third kappa shape index (κ3) is 1.50. The van der Waals surface area contributed by atoms with Crippen molar-refractivity contribution >= 4 is 16.9 Å². The second-order valence-electron chi connectivity index (χ2n) is 3.76. The standard InChI is InChI=1S/C13H13NO2/c1-3-9(13(15)16)12-8(2)14-11-7-5-4-6-10(11)12/h3-7,9,14H,1H2,2H3,(H,15,16). The minimum atomic E-state index is -0.872. The van der Waals surface area contributed by atoms with E-state index >= 15 is 0 Å². The van der Waals surface area contributed by atoms with Gasteiger partial charge < -0.3 is 10.1 Å². The van der Waals surface area contributed by atoms with Crippen molar-refractivity contribution in [2.24, 2.45) is 0 Å². The molecule has 0 spiro atoms. The molecule has 0 aliphatic heterocycles. The molecule has 16 heavy (non-hydrogen) atoms. The summed E-state index contributed by atoms with van der Waals surface area (Å²) < 4.78 is 0. The number of aryl methyl sites for hydroxylation is 1. The number of carbonyl (C=O) groups is 1. The summed E-state index contributed by atoms with van der Waals surface area (Å²) in [5.74, 6) is -1.53. The van der Waals surface area contributed by atoms with Crippen LogP contribution in [0.25, 0.3) is 10.9 Å². The van der Waals surface area contributed by atoms with Gasteiger partial charge in [0.25, 0.3) is 0 Å². The van der Waals surface area contributed by atoms with E-state index in [9.17, 15) is 4.79 Å². The summed E-state index contributed by atoms with van der Waals surface area (Å²) >= 11 is 0. The van der Waals surface area contributed by atoms with Gasteiger partial charge in [0.1, 0.15) is 5.92 Å². The summed E-state index contributed by atoms with van der Waals surface area (Å²) in [6, 6.07) is 7.69. The van der Waals surface area contributed by atoms with Gasteiger partial charge in [-0.1, -0.05) is 24.3 Å². The number of nitrogens with one attached hydrogen (secondary N) is 1. The van der Waals surface area contributed by atoms with Crippen molar-refractivity contribution in [2.45, 2.75) is 12.8 Å². The first-order valence-corrected chi connectivity index (χ1v) is 5.07. The molecular formula is C13H13NO2. The lowest BCUT2D eigenvalue weighted by atomic mass is 9.96. The molecule has 1 unspecified atom stereocenters. The molecule has 0 amide bonds. The maximum absolute atomic E-state index is 11.1. The number of carboxylic acid groups (broad SMARTS) is 1. The number of hydrogen-bond donors (Lipinski definition) is 2.